The Morgan fingerprint density at radius 1 is 0.826 bits per heavy atom. The number of hydrogen-bond donors (Lipinski definition) is 5. The van der Waals surface area contributed by atoms with Crippen LogP contribution in [0.2, 0.25) is 0 Å². The Labute approximate surface area is 275 Å². The molecule has 0 bridgehead atoms. The van der Waals surface area contributed by atoms with E-state index >= 15 is 0 Å². The first kappa shape index (κ1) is 34.9. The van der Waals surface area contributed by atoms with Crippen LogP contribution in [0.5, 0.6) is 11.5 Å². The summed E-state index contributed by atoms with van der Waals surface area (Å²) in [5.74, 6) is -3.36. The molecule has 4 rings (SSSR count). The van der Waals surface area contributed by atoms with Crippen molar-refractivity contribution >= 4 is 53.2 Å². The van der Waals surface area contributed by atoms with Gasteiger partial charge in [-0.3, -0.25) is 24.5 Å². The molecule has 2 aliphatic heterocycles. The van der Waals surface area contributed by atoms with Gasteiger partial charge in [-0.25, -0.2) is 4.79 Å². The van der Waals surface area contributed by atoms with Gasteiger partial charge in [0.1, 0.15) is 29.6 Å². The van der Waals surface area contributed by atoms with E-state index in [1.54, 1.807) is 82.3 Å². The molecule has 2 saturated heterocycles. The van der Waals surface area contributed by atoms with E-state index in [4.69, 9.17) is 9.47 Å². The summed E-state index contributed by atoms with van der Waals surface area (Å²) in [7, 11) is 0. The van der Waals surface area contributed by atoms with Crippen LogP contribution in [0.15, 0.2) is 60.7 Å². The quantitative estimate of drug-likeness (QED) is 0.208. The number of carboxylic acids is 2. The first-order chi connectivity index (χ1) is 21.7. The van der Waals surface area contributed by atoms with Crippen LogP contribution in [0.1, 0.15) is 27.7 Å². The lowest BCUT2D eigenvalue weighted by molar-refractivity contribution is -0.152. The molecule has 2 heterocycles. The van der Waals surface area contributed by atoms with E-state index in [1.807, 2.05) is 6.07 Å². The number of hydrogen-bond acceptors (Lipinski definition) is 10. The number of rotatable bonds is 13. The summed E-state index contributed by atoms with van der Waals surface area (Å²) in [4.78, 5) is 66.1. The van der Waals surface area contributed by atoms with E-state index in [9.17, 15) is 34.2 Å². The molecule has 2 fully saturated rings. The highest BCUT2D eigenvalue weighted by Crippen LogP contribution is 2.46. The second-order valence-corrected chi connectivity index (χ2v) is 15.4. The number of nitrogens with zero attached hydrogens (tertiary/aromatic N) is 1. The molecule has 15 heteroatoms. The van der Waals surface area contributed by atoms with Gasteiger partial charge in [0.25, 0.3) is 11.8 Å². The molecular formula is C31H38N4O9S2. The van der Waals surface area contributed by atoms with Gasteiger partial charge in [-0.15, -0.1) is 23.5 Å². The molecule has 0 saturated carbocycles. The second kappa shape index (κ2) is 14.6. The van der Waals surface area contributed by atoms with E-state index in [0.29, 0.717) is 11.5 Å². The Morgan fingerprint density at radius 2 is 1.37 bits per heavy atom. The lowest BCUT2D eigenvalue weighted by atomic mass is 10.00. The van der Waals surface area contributed by atoms with Crippen molar-refractivity contribution in [3.8, 4) is 11.5 Å². The molecule has 0 radical (unpaired) electrons. The summed E-state index contributed by atoms with van der Waals surface area (Å²) in [5.41, 5.74) is 0. The summed E-state index contributed by atoms with van der Waals surface area (Å²) in [6.45, 7) is 5.93. The molecular weight excluding hydrogens is 636 g/mol. The normalized spacial score (nSPS) is 23.6. The zero-order chi connectivity index (χ0) is 33.6. The van der Waals surface area contributed by atoms with Crippen molar-refractivity contribution in [1.82, 2.24) is 20.9 Å². The van der Waals surface area contributed by atoms with Gasteiger partial charge in [-0.1, -0.05) is 36.4 Å². The van der Waals surface area contributed by atoms with Crippen molar-refractivity contribution in [1.29, 1.82) is 0 Å². The minimum atomic E-state index is -1.38. The van der Waals surface area contributed by atoms with Crippen LogP contribution in [0.25, 0.3) is 0 Å². The summed E-state index contributed by atoms with van der Waals surface area (Å²) in [6, 6.07) is 13.5. The smallest absolute Gasteiger partial charge is 0.327 e. The molecule has 2 aliphatic rings. The predicted molar refractivity (Wildman–Crippen MR) is 173 cm³/mol. The SMILES string of the molecule is CC1(C)SC(C(NC(=O)COc2ccccc2)C(=O)N2C(CNC(=O)COc3ccccc3)SC(C)(C)C2C(=O)O)NC1C(=O)O. The van der Waals surface area contributed by atoms with Crippen LogP contribution in [0, 0.1) is 0 Å². The van der Waals surface area contributed by atoms with Crippen LogP contribution in [0.4, 0.5) is 0 Å². The van der Waals surface area contributed by atoms with Crippen molar-refractivity contribution in [3.05, 3.63) is 60.7 Å². The predicted octanol–water partition coefficient (Wildman–Crippen LogP) is 1.77. The zero-order valence-electron chi connectivity index (χ0n) is 25.8. The molecule has 5 N–H and O–H groups in total. The number of para-hydroxylation sites is 2. The molecule has 13 nitrogen and oxygen atoms in total. The third-order valence-electron chi connectivity index (χ3n) is 7.46. The molecule has 2 aromatic carbocycles. The van der Waals surface area contributed by atoms with E-state index in [-0.39, 0.29) is 13.2 Å². The maximum Gasteiger partial charge on any atom is 0.327 e. The molecule has 46 heavy (non-hydrogen) atoms. The van der Waals surface area contributed by atoms with Crippen molar-refractivity contribution < 1.29 is 43.7 Å². The summed E-state index contributed by atoms with van der Waals surface area (Å²) < 4.78 is 9.19. The molecule has 0 aliphatic carbocycles. The molecule has 2 aromatic rings. The van der Waals surface area contributed by atoms with Gasteiger partial charge in [0, 0.05) is 16.0 Å². The van der Waals surface area contributed by atoms with Crippen molar-refractivity contribution in [2.75, 3.05) is 19.8 Å². The molecule has 248 valence electrons. The largest absolute Gasteiger partial charge is 0.484 e. The van der Waals surface area contributed by atoms with Crippen LogP contribution < -0.4 is 25.4 Å². The van der Waals surface area contributed by atoms with Gasteiger partial charge in [-0.05, 0) is 52.0 Å². The summed E-state index contributed by atoms with van der Waals surface area (Å²) in [5, 5.41) is 26.7. The van der Waals surface area contributed by atoms with Crippen LogP contribution in [-0.2, 0) is 24.0 Å². The minimum Gasteiger partial charge on any atom is -0.484 e. The number of carbonyl (C=O) groups excluding carboxylic acids is 3. The van der Waals surface area contributed by atoms with Crippen molar-refractivity contribution in [3.63, 3.8) is 0 Å². The number of nitrogens with one attached hydrogen (secondary N) is 3. The highest BCUT2D eigenvalue weighted by Gasteiger charge is 2.57. The van der Waals surface area contributed by atoms with Gasteiger partial charge < -0.3 is 35.2 Å². The number of amides is 3. The highest BCUT2D eigenvalue weighted by molar-refractivity contribution is 8.01. The van der Waals surface area contributed by atoms with Crippen molar-refractivity contribution in [2.45, 2.75) is 66.1 Å². The topological polar surface area (TPSA) is 184 Å². The van der Waals surface area contributed by atoms with Gasteiger partial charge >= 0.3 is 11.9 Å². The Morgan fingerprint density at radius 3 is 1.87 bits per heavy atom. The van der Waals surface area contributed by atoms with E-state index in [1.165, 1.54) is 11.8 Å². The second-order valence-electron chi connectivity index (χ2n) is 11.8. The number of carbonyl (C=O) groups is 5. The Bertz CT molecular complexity index is 1430. The highest BCUT2D eigenvalue weighted by atomic mass is 32.2. The van der Waals surface area contributed by atoms with Gasteiger partial charge in [0.05, 0.1) is 10.7 Å². The van der Waals surface area contributed by atoms with Crippen molar-refractivity contribution in [2.24, 2.45) is 0 Å². The Kier molecular flexibility index (Phi) is 11.1. The maximum absolute atomic E-state index is 14.5. The molecule has 0 aromatic heterocycles. The van der Waals surface area contributed by atoms with Gasteiger partial charge in [0.15, 0.2) is 13.2 Å². The summed E-state index contributed by atoms with van der Waals surface area (Å²) in [6.07, 6.45) is 0. The average Bonchev–Trinajstić information content (AvgIpc) is 3.48. The maximum atomic E-state index is 14.5. The summed E-state index contributed by atoms with van der Waals surface area (Å²) >= 11 is 2.35. The van der Waals surface area contributed by atoms with Crippen LogP contribution >= 0.6 is 23.5 Å². The van der Waals surface area contributed by atoms with E-state index in [0.717, 1.165) is 16.7 Å². The molecule has 0 spiro atoms. The fraction of sp³-hybridized carbons (Fsp3) is 0.452. The lowest BCUT2D eigenvalue weighted by Crippen LogP contribution is -2.62. The molecule has 3 amide bonds. The monoisotopic (exact) mass is 674 g/mol. The Hall–Kier alpha value is -3.95. The number of carboxylic acid groups (broad SMARTS) is 2. The molecule has 5 unspecified atom stereocenters. The first-order valence-corrected chi connectivity index (χ1v) is 16.3. The van der Waals surface area contributed by atoms with E-state index < -0.39 is 74.6 Å². The fourth-order valence-corrected chi connectivity index (χ4v) is 8.39. The third kappa shape index (κ3) is 8.44. The van der Waals surface area contributed by atoms with Gasteiger partial charge in [0.2, 0.25) is 5.91 Å². The number of benzene rings is 2. The number of thioether (sulfide) groups is 2. The third-order valence-corrected chi connectivity index (χ3v) is 10.5. The average molecular weight is 675 g/mol. The Balaban J connectivity index is 1.57. The number of ether oxygens (including phenoxy) is 2. The van der Waals surface area contributed by atoms with Crippen LogP contribution in [0.3, 0.4) is 0 Å². The zero-order valence-corrected chi connectivity index (χ0v) is 27.4. The standard InChI is InChI=1S/C31H38N4O9S2/c1-30(2)24(28(39)40)34-26(46-30)23(33-21(37)17-44-19-13-9-6-10-14-19)27(38)35-22(45-31(3,4)25(35)29(41)42)15-32-20(36)16-43-18-11-7-5-8-12-18/h5-14,22-26,34H,15-17H2,1-4H3,(H,32,36)(H,33,37)(H,39,40)(H,41,42). The number of aliphatic carboxylic acids is 2. The van der Waals surface area contributed by atoms with Gasteiger partial charge in [-0.2, -0.15) is 0 Å². The first-order valence-electron chi connectivity index (χ1n) is 14.5. The molecule has 5 atom stereocenters. The van der Waals surface area contributed by atoms with Crippen LogP contribution in [-0.4, -0.2) is 103 Å². The van der Waals surface area contributed by atoms with E-state index in [2.05, 4.69) is 16.0 Å². The fourth-order valence-electron chi connectivity index (χ4n) is 5.35. The minimum absolute atomic E-state index is 0.104. The lowest BCUT2D eigenvalue weighted by Gasteiger charge is -2.35.